The van der Waals surface area contributed by atoms with E-state index in [0.29, 0.717) is 39.8 Å². The van der Waals surface area contributed by atoms with Crippen molar-refractivity contribution in [1.29, 1.82) is 0 Å². The van der Waals surface area contributed by atoms with Crippen molar-refractivity contribution in [1.82, 2.24) is 9.97 Å². The van der Waals surface area contributed by atoms with Crippen LogP contribution in [0, 0.1) is 13.8 Å². The number of hydrogen-bond acceptors (Lipinski definition) is 6. The van der Waals surface area contributed by atoms with E-state index in [4.69, 9.17) is 0 Å². The Morgan fingerprint density at radius 1 is 0.756 bits per heavy atom. The molecule has 0 aliphatic rings. The summed E-state index contributed by atoms with van der Waals surface area (Å²) in [5.41, 5.74) is 5.89. The molecule has 4 rings (SSSR count). The molecule has 0 unspecified atom stereocenters. The summed E-state index contributed by atoms with van der Waals surface area (Å²) in [6.07, 6.45) is 8.10. The lowest BCUT2D eigenvalue weighted by atomic mass is 10.0. The van der Waals surface area contributed by atoms with Crippen molar-refractivity contribution >= 4 is 52.5 Å². The second-order valence-electron chi connectivity index (χ2n) is 9.20. The zero-order valence-electron chi connectivity index (χ0n) is 23.0. The van der Waals surface area contributed by atoms with Crippen molar-refractivity contribution in [3.8, 4) is 0 Å². The lowest BCUT2D eigenvalue weighted by molar-refractivity contribution is -0.111. The number of carbonyl (C=O) groups excluding carboxylic acids is 3. The van der Waals surface area contributed by atoms with Crippen LogP contribution < -0.4 is 21.3 Å². The molecular weight excluding hydrogens is 516 g/mol. The Hall–Kier alpha value is -5.57. The van der Waals surface area contributed by atoms with E-state index in [9.17, 15) is 14.4 Å². The lowest BCUT2D eigenvalue weighted by Gasteiger charge is -2.12. The Kier molecular flexibility index (Phi) is 9.01. The first-order valence-corrected chi connectivity index (χ1v) is 12.8. The van der Waals surface area contributed by atoms with Gasteiger partial charge in [-0.25, -0.2) is 9.97 Å². The zero-order chi connectivity index (χ0) is 29.4. The molecule has 0 radical (unpaired) electrons. The van der Waals surface area contributed by atoms with Crippen molar-refractivity contribution in [2.75, 3.05) is 21.3 Å². The fourth-order valence-corrected chi connectivity index (χ4v) is 3.98. The molecule has 0 bridgehead atoms. The van der Waals surface area contributed by atoms with Gasteiger partial charge in [-0.05, 0) is 86.0 Å². The highest BCUT2D eigenvalue weighted by Crippen LogP contribution is 2.21. The number of amides is 3. The van der Waals surface area contributed by atoms with E-state index in [1.54, 1.807) is 48.5 Å². The summed E-state index contributed by atoms with van der Waals surface area (Å²) in [6, 6.07) is 17.7. The summed E-state index contributed by atoms with van der Waals surface area (Å²) in [7, 11) is 0. The van der Waals surface area contributed by atoms with Crippen LogP contribution >= 0.6 is 0 Å². The number of aryl methyl sites for hydroxylation is 2. The van der Waals surface area contributed by atoms with Gasteiger partial charge in [0.2, 0.25) is 11.9 Å². The van der Waals surface area contributed by atoms with Gasteiger partial charge in [0.15, 0.2) is 0 Å². The first-order chi connectivity index (χ1) is 19.7. The lowest BCUT2D eigenvalue weighted by Crippen LogP contribution is -2.16. The van der Waals surface area contributed by atoms with Gasteiger partial charge in [-0.15, -0.1) is 0 Å². The third-order valence-corrected chi connectivity index (χ3v) is 6.10. The van der Waals surface area contributed by atoms with Crippen LogP contribution in [0.5, 0.6) is 0 Å². The summed E-state index contributed by atoms with van der Waals surface area (Å²) in [4.78, 5) is 46.0. The molecule has 206 valence electrons. The van der Waals surface area contributed by atoms with E-state index in [-0.39, 0.29) is 17.7 Å². The second-order valence-corrected chi connectivity index (χ2v) is 9.20. The highest BCUT2D eigenvalue weighted by Gasteiger charge is 2.14. The van der Waals surface area contributed by atoms with Gasteiger partial charge in [0.05, 0.1) is 18.1 Å². The molecule has 3 aromatic carbocycles. The number of nitrogens with zero attached hydrogens (tertiary/aromatic N) is 2. The van der Waals surface area contributed by atoms with E-state index >= 15 is 0 Å². The number of carbonyl (C=O) groups is 3. The Balaban J connectivity index is 1.41. The molecule has 0 spiro atoms. The third kappa shape index (κ3) is 7.51. The Morgan fingerprint density at radius 2 is 1.46 bits per heavy atom. The van der Waals surface area contributed by atoms with Crippen molar-refractivity contribution in [3.05, 3.63) is 120 Å². The third-order valence-electron chi connectivity index (χ3n) is 6.10. The van der Waals surface area contributed by atoms with E-state index in [2.05, 4.69) is 37.8 Å². The van der Waals surface area contributed by atoms with Gasteiger partial charge < -0.3 is 21.3 Å². The summed E-state index contributed by atoms with van der Waals surface area (Å²) in [5.74, 6) is -0.627. The summed E-state index contributed by atoms with van der Waals surface area (Å²) in [5, 5.41) is 11.4. The molecule has 4 N–H and O–H groups in total. The number of allylic oxidation sites excluding steroid dienone is 1. The topological polar surface area (TPSA) is 125 Å². The predicted octanol–water partition coefficient (Wildman–Crippen LogP) is 6.50. The van der Waals surface area contributed by atoms with Crippen LogP contribution in [-0.4, -0.2) is 27.7 Å². The maximum atomic E-state index is 13.1. The second kappa shape index (κ2) is 13.0. The molecule has 41 heavy (non-hydrogen) atoms. The van der Waals surface area contributed by atoms with Crippen LogP contribution in [0.4, 0.5) is 28.7 Å². The van der Waals surface area contributed by atoms with Crippen molar-refractivity contribution in [3.63, 3.8) is 0 Å². The van der Waals surface area contributed by atoms with Gasteiger partial charge in [0.25, 0.3) is 11.8 Å². The van der Waals surface area contributed by atoms with E-state index < -0.39 is 0 Å². The minimum Gasteiger partial charge on any atom is -0.324 e. The molecule has 1 heterocycles. The van der Waals surface area contributed by atoms with Crippen LogP contribution in [0.1, 0.15) is 44.3 Å². The van der Waals surface area contributed by atoms with Gasteiger partial charge in [-0.1, -0.05) is 36.9 Å². The Labute approximate surface area is 238 Å². The van der Waals surface area contributed by atoms with Crippen LogP contribution in [0.3, 0.4) is 0 Å². The average Bonchev–Trinajstić information content (AvgIpc) is 2.96. The first kappa shape index (κ1) is 28.4. The SMILES string of the molecule is C=CC(=O)Nc1cccc(Nc2ncc(NC(=O)c3cc(NC(=O)c4ccc(/C=C\C)c(C)c4)ccc3C)cn2)c1. The van der Waals surface area contributed by atoms with Crippen molar-refractivity contribution in [2.45, 2.75) is 20.8 Å². The van der Waals surface area contributed by atoms with Crippen LogP contribution in [-0.2, 0) is 4.79 Å². The Bertz CT molecular complexity index is 1640. The molecule has 0 saturated heterocycles. The molecule has 9 heteroatoms. The normalized spacial score (nSPS) is 10.6. The number of nitrogens with one attached hydrogen (secondary N) is 4. The molecule has 0 atom stereocenters. The van der Waals surface area contributed by atoms with Gasteiger partial charge >= 0.3 is 0 Å². The largest absolute Gasteiger partial charge is 0.324 e. The highest BCUT2D eigenvalue weighted by molar-refractivity contribution is 6.08. The van der Waals surface area contributed by atoms with Gasteiger partial charge in [-0.2, -0.15) is 0 Å². The van der Waals surface area contributed by atoms with Crippen molar-refractivity contribution < 1.29 is 14.4 Å². The zero-order valence-corrected chi connectivity index (χ0v) is 23.0. The summed E-state index contributed by atoms with van der Waals surface area (Å²) >= 11 is 0. The molecule has 0 saturated carbocycles. The Morgan fingerprint density at radius 3 is 2.17 bits per heavy atom. The van der Waals surface area contributed by atoms with Crippen LogP contribution in [0.2, 0.25) is 0 Å². The highest BCUT2D eigenvalue weighted by atomic mass is 16.2. The molecule has 3 amide bonds. The quantitative estimate of drug-likeness (QED) is 0.178. The van der Waals surface area contributed by atoms with E-state index in [1.165, 1.54) is 18.5 Å². The number of rotatable bonds is 9. The average molecular weight is 547 g/mol. The molecular formula is C32H30N6O3. The monoisotopic (exact) mass is 546 g/mol. The van der Waals surface area contributed by atoms with Gasteiger partial charge in [0, 0.05) is 28.2 Å². The molecule has 0 aliphatic carbocycles. The molecule has 9 nitrogen and oxygen atoms in total. The van der Waals surface area contributed by atoms with E-state index in [0.717, 1.165) is 16.7 Å². The molecule has 1 aromatic heterocycles. The summed E-state index contributed by atoms with van der Waals surface area (Å²) < 4.78 is 0. The fourth-order valence-electron chi connectivity index (χ4n) is 3.98. The molecule has 0 fully saturated rings. The number of anilines is 5. The van der Waals surface area contributed by atoms with Gasteiger partial charge in [0.1, 0.15) is 0 Å². The summed E-state index contributed by atoms with van der Waals surface area (Å²) in [6.45, 7) is 9.16. The van der Waals surface area contributed by atoms with Crippen LogP contribution in [0.25, 0.3) is 6.08 Å². The molecule has 0 aliphatic heterocycles. The van der Waals surface area contributed by atoms with Crippen molar-refractivity contribution in [2.24, 2.45) is 0 Å². The minimum atomic E-state index is -0.361. The maximum absolute atomic E-state index is 13.1. The number of hydrogen-bond donors (Lipinski definition) is 4. The van der Waals surface area contributed by atoms with E-state index in [1.807, 2.05) is 45.1 Å². The standard InChI is InChI=1S/C32H30N6O3/c1-5-8-22-12-13-23(15-21(22)4)30(40)36-26-14-11-20(3)28(17-26)31(41)37-27-18-33-32(34-19-27)38-25-10-7-9-24(16-25)35-29(39)6-2/h5-19H,2H2,1,3-4H3,(H,35,39)(H,36,40)(H,37,41)(H,33,34,38)/b8-5-. The maximum Gasteiger partial charge on any atom is 0.256 e. The molecule has 4 aromatic rings. The predicted molar refractivity (Wildman–Crippen MR) is 164 cm³/mol. The fraction of sp³-hybridized carbons (Fsp3) is 0.0938. The number of aromatic nitrogens is 2. The smallest absolute Gasteiger partial charge is 0.256 e. The van der Waals surface area contributed by atoms with Crippen LogP contribution in [0.15, 0.2) is 91.8 Å². The first-order valence-electron chi connectivity index (χ1n) is 12.8. The number of benzene rings is 3. The van der Waals surface area contributed by atoms with Gasteiger partial charge in [-0.3, -0.25) is 14.4 Å². The minimum absolute atomic E-state index is 0.263.